The molecule has 0 aliphatic rings. The molecule has 0 aliphatic heterocycles. The lowest BCUT2D eigenvalue weighted by atomic mass is 10.0. The number of aromatic nitrogens is 2. The van der Waals surface area contributed by atoms with E-state index in [1.54, 1.807) is 20.0 Å². The zero-order chi connectivity index (χ0) is 14.9. The van der Waals surface area contributed by atoms with Crippen molar-refractivity contribution in [3.63, 3.8) is 0 Å². The quantitative estimate of drug-likeness (QED) is 0.930. The number of ether oxygens (including phenoxy) is 2. The number of hydrogen-bond acceptors (Lipinski definition) is 4. The molecule has 1 heterocycles. The predicted molar refractivity (Wildman–Crippen MR) is 71.5 cm³/mol. The van der Waals surface area contributed by atoms with Gasteiger partial charge in [-0.2, -0.15) is 5.10 Å². The Labute approximate surface area is 116 Å². The molecule has 0 saturated carbocycles. The minimum atomic E-state index is -1.01. The van der Waals surface area contributed by atoms with Gasteiger partial charge in [-0.3, -0.25) is 0 Å². The maximum atomic E-state index is 13.7. The van der Waals surface area contributed by atoms with Crippen LogP contribution in [0.4, 0.5) is 4.39 Å². The molecule has 2 aromatic rings. The highest BCUT2D eigenvalue weighted by molar-refractivity contribution is 5.41. The van der Waals surface area contributed by atoms with Gasteiger partial charge in [-0.15, -0.1) is 0 Å². The van der Waals surface area contributed by atoms with Crippen LogP contribution in [0, 0.1) is 12.7 Å². The van der Waals surface area contributed by atoms with Crippen LogP contribution in [-0.2, 0) is 7.05 Å². The molecule has 0 fully saturated rings. The molecule has 2 rings (SSSR count). The van der Waals surface area contributed by atoms with Crippen molar-refractivity contribution in [3.05, 3.63) is 40.8 Å². The summed E-state index contributed by atoms with van der Waals surface area (Å²) in [5.74, 6) is 0.0617. The standard InChI is InChI=1S/C14H17FN2O3/c1-8-12(14(20-4)17(2)16-8)13(18)9-5-6-11(19-3)10(15)7-9/h5-7,13,18H,1-4H3. The molecule has 0 amide bonds. The summed E-state index contributed by atoms with van der Waals surface area (Å²) >= 11 is 0. The van der Waals surface area contributed by atoms with Gasteiger partial charge < -0.3 is 14.6 Å². The fraction of sp³-hybridized carbons (Fsp3) is 0.357. The fourth-order valence-electron chi connectivity index (χ4n) is 2.23. The SMILES string of the molecule is COc1ccc(C(O)c2c(C)nn(C)c2OC)cc1F. The van der Waals surface area contributed by atoms with E-state index in [2.05, 4.69) is 5.10 Å². The Morgan fingerprint density at radius 2 is 2.00 bits per heavy atom. The summed E-state index contributed by atoms with van der Waals surface area (Å²) in [5, 5.41) is 14.6. The molecule has 0 radical (unpaired) electrons. The van der Waals surface area contributed by atoms with Gasteiger partial charge in [-0.25, -0.2) is 9.07 Å². The van der Waals surface area contributed by atoms with Crippen molar-refractivity contribution in [2.24, 2.45) is 7.05 Å². The molecule has 20 heavy (non-hydrogen) atoms. The minimum absolute atomic E-state index is 0.135. The molecule has 6 heteroatoms. The van der Waals surface area contributed by atoms with Crippen LogP contribution in [0.1, 0.15) is 22.9 Å². The second-order valence-electron chi connectivity index (χ2n) is 4.43. The van der Waals surface area contributed by atoms with E-state index in [0.29, 0.717) is 22.7 Å². The highest BCUT2D eigenvalue weighted by atomic mass is 19.1. The first-order valence-corrected chi connectivity index (χ1v) is 6.08. The van der Waals surface area contributed by atoms with Gasteiger partial charge in [0.25, 0.3) is 0 Å². The average molecular weight is 280 g/mol. The van der Waals surface area contributed by atoms with Gasteiger partial charge in [0.1, 0.15) is 6.10 Å². The Kier molecular flexibility index (Phi) is 3.94. The zero-order valence-electron chi connectivity index (χ0n) is 11.8. The van der Waals surface area contributed by atoms with Crippen molar-refractivity contribution in [1.29, 1.82) is 0 Å². The van der Waals surface area contributed by atoms with Gasteiger partial charge in [-0.05, 0) is 24.6 Å². The number of halogens is 1. The summed E-state index contributed by atoms with van der Waals surface area (Å²) in [5.41, 5.74) is 1.57. The second kappa shape index (κ2) is 5.50. The molecule has 1 aromatic heterocycles. The van der Waals surface area contributed by atoms with E-state index in [1.165, 1.54) is 31.0 Å². The van der Waals surface area contributed by atoms with Crippen LogP contribution in [0.3, 0.4) is 0 Å². The zero-order valence-corrected chi connectivity index (χ0v) is 11.8. The van der Waals surface area contributed by atoms with Crippen LogP contribution in [0.2, 0.25) is 0 Å². The van der Waals surface area contributed by atoms with Gasteiger partial charge in [0, 0.05) is 7.05 Å². The van der Waals surface area contributed by atoms with E-state index < -0.39 is 11.9 Å². The minimum Gasteiger partial charge on any atom is -0.494 e. The number of methoxy groups -OCH3 is 2. The number of aryl methyl sites for hydroxylation is 2. The number of benzene rings is 1. The number of hydrogen-bond donors (Lipinski definition) is 1. The van der Waals surface area contributed by atoms with E-state index in [9.17, 15) is 9.50 Å². The first-order chi connectivity index (χ1) is 9.49. The van der Waals surface area contributed by atoms with Crippen molar-refractivity contribution in [2.45, 2.75) is 13.0 Å². The normalized spacial score (nSPS) is 12.3. The van der Waals surface area contributed by atoms with Gasteiger partial charge in [0.2, 0.25) is 5.88 Å². The molecule has 5 nitrogen and oxygen atoms in total. The Hall–Kier alpha value is -2.08. The summed E-state index contributed by atoms with van der Waals surface area (Å²) < 4.78 is 25.4. The molecule has 0 saturated heterocycles. The largest absolute Gasteiger partial charge is 0.494 e. The van der Waals surface area contributed by atoms with Crippen LogP contribution in [0.25, 0.3) is 0 Å². The number of rotatable bonds is 4. The van der Waals surface area contributed by atoms with Crippen LogP contribution in [-0.4, -0.2) is 29.1 Å². The van der Waals surface area contributed by atoms with Crippen molar-refractivity contribution in [2.75, 3.05) is 14.2 Å². The molecule has 0 spiro atoms. The molecule has 0 bridgehead atoms. The molecule has 1 N–H and O–H groups in total. The Bertz CT molecular complexity index is 625. The third kappa shape index (κ3) is 2.34. The lowest BCUT2D eigenvalue weighted by molar-refractivity contribution is 0.212. The van der Waals surface area contributed by atoms with Crippen LogP contribution < -0.4 is 9.47 Å². The number of nitrogens with zero attached hydrogens (tertiary/aromatic N) is 2. The van der Waals surface area contributed by atoms with Crippen molar-refractivity contribution in [3.8, 4) is 11.6 Å². The third-order valence-corrected chi connectivity index (χ3v) is 3.17. The third-order valence-electron chi connectivity index (χ3n) is 3.17. The van der Waals surface area contributed by atoms with E-state index in [-0.39, 0.29) is 5.75 Å². The Morgan fingerprint density at radius 3 is 2.55 bits per heavy atom. The highest BCUT2D eigenvalue weighted by Crippen LogP contribution is 2.33. The van der Waals surface area contributed by atoms with E-state index >= 15 is 0 Å². The topological polar surface area (TPSA) is 56.5 Å². The maximum absolute atomic E-state index is 13.7. The van der Waals surface area contributed by atoms with Gasteiger partial charge in [-0.1, -0.05) is 6.07 Å². The summed E-state index contributed by atoms with van der Waals surface area (Å²) in [6.07, 6.45) is -1.01. The van der Waals surface area contributed by atoms with E-state index in [0.717, 1.165) is 0 Å². The summed E-state index contributed by atoms with van der Waals surface area (Å²) in [7, 11) is 4.61. The van der Waals surface area contributed by atoms with Crippen molar-refractivity contribution >= 4 is 0 Å². The van der Waals surface area contributed by atoms with Gasteiger partial charge in [0.15, 0.2) is 11.6 Å². The molecule has 0 aliphatic carbocycles. The molecule has 108 valence electrons. The van der Waals surface area contributed by atoms with Crippen LogP contribution in [0.5, 0.6) is 11.6 Å². The Morgan fingerprint density at radius 1 is 1.30 bits per heavy atom. The summed E-state index contributed by atoms with van der Waals surface area (Å²) in [6, 6.07) is 4.33. The van der Waals surface area contributed by atoms with Gasteiger partial charge >= 0.3 is 0 Å². The van der Waals surface area contributed by atoms with Crippen LogP contribution in [0.15, 0.2) is 18.2 Å². The lowest BCUT2D eigenvalue weighted by Gasteiger charge is -2.13. The number of aliphatic hydroxyl groups excluding tert-OH is 1. The molecule has 1 aromatic carbocycles. The molecule has 1 atom stereocenters. The van der Waals surface area contributed by atoms with E-state index in [1.807, 2.05) is 0 Å². The molecular formula is C14H17FN2O3. The van der Waals surface area contributed by atoms with Crippen molar-refractivity contribution in [1.82, 2.24) is 9.78 Å². The summed E-state index contributed by atoms with van der Waals surface area (Å²) in [6.45, 7) is 1.76. The van der Waals surface area contributed by atoms with E-state index in [4.69, 9.17) is 9.47 Å². The molecular weight excluding hydrogens is 263 g/mol. The first kappa shape index (κ1) is 14.3. The van der Waals surface area contributed by atoms with Crippen LogP contribution >= 0.6 is 0 Å². The fourth-order valence-corrected chi connectivity index (χ4v) is 2.23. The average Bonchev–Trinajstić information content (AvgIpc) is 2.71. The summed E-state index contributed by atoms with van der Waals surface area (Å²) in [4.78, 5) is 0. The number of aliphatic hydroxyl groups is 1. The second-order valence-corrected chi connectivity index (χ2v) is 4.43. The molecule has 1 unspecified atom stereocenters. The lowest BCUT2D eigenvalue weighted by Crippen LogP contribution is -2.04. The predicted octanol–water partition coefficient (Wildman–Crippen LogP) is 1.97. The Balaban J connectivity index is 2.46. The first-order valence-electron chi connectivity index (χ1n) is 6.08. The monoisotopic (exact) mass is 280 g/mol. The van der Waals surface area contributed by atoms with Crippen molar-refractivity contribution < 1.29 is 19.0 Å². The highest BCUT2D eigenvalue weighted by Gasteiger charge is 2.23. The van der Waals surface area contributed by atoms with Gasteiger partial charge in [0.05, 0.1) is 25.5 Å². The maximum Gasteiger partial charge on any atom is 0.217 e. The smallest absolute Gasteiger partial charge is 0.217 e.